The molecule has 5 heteroatoms. The summed E-state index contributed by atoms with van der Waals surface area (Å²) in [5.41, 5.74) is 0. The second kappa shape index (κ2) is 5.89. The van der Waals surface area contributed by atoms with Gasteiger partial charge in [0, 0.05) is 11.8 Å². The molecule has 0 spiro atoms. The molecule has 0 bridgehead atoms. The highest BCUT2D eigenvalue weighted by Gasteiger charge is 2.17. The van der Waals surface area contributed by atoms with Crippen LogP contribution in [0.1, 0.15) is 19.3 Å². The van der Waals surface area contributed by atoms with Gasteiger partial charge in [0.15, 0.2) is 0 Å². The third kappa shape index (κ3) is 3.37. The van der Waals surface area contributed by atoms with E-state index in [9.17, 15) is 4.21 Å². The van der Waals surface area contributed by atoms with Gasteiger partial charge < -0.3 is 5.32 Å². The number of hydrogen-bond donors (Lipinski definition) is 1. The van der Waals surface area contributed by atoms with Crippen molar-refractivity contribution < 1.29 is 4.21 Å². The Morgan fingerprint density at radius 1 is 1.50 bits per heavy atom. The number of pyridine rings is 1. The summed E-state index contributed by atoms with van der Waals surface area (Å²) in [5.74, 6) is 0.670. The van der Waals surface area contributed by atoms with Crippen LogP contribution in [0.25, 0.3) is 0 Å². The Hall–Kier alpha value is -0.260. The van der Waals surface area contributed by atoms with Crippen molar-refractivity contribution in [3.05, 3.63) is 22.8 Å². The van der Waals surface area contributed by atoms with Crippen LogP contribution in [0.2, 0.25) is 0 Å². The van der Waals surface area contributed by atoms with Crippen LogP contribution in [0, 0.1) is 0 Å². The number of halogens is 1. The number of aromatic nitrogens is 1. The summed E-state index contributed by atoms with van der Waals surface area (Å²) in [7, 11) is -0.995. The zero-order valence-electron chi connectivity index (χ0n) is 8.99. The van der Waals surface area contributed by atoms with E-state index in [1.807, 2.05) is 18.2 Å². The van der Waals surface area contributed by atoms with Crippen molar-refractivity contribution in [3.8, 4) is 0 Å². The molecule has 1 aromatic rings. The van der Waals surface area contributed by atoms with E-state index in [-0.39, 0.29) is 0 Å². The minimum Gasteiger partial charge on any atom is -0.313 e. The first-order valence-corrected chi connectivity index (χ1v) is 7.61. The van der Waals surface area contributed by atoms with Gasteiger partial charge in [-0.15, -0.1) is 0 Å². The maximum absolute atomic E-state index is 12.1. The summed E-state index contributed by atoms with van der Waals surface area (Å²) in [4.78, 5) is 4.23. The van der Waals surface area contributed by atoms with Crippen LogP contribution in [0.5, 0.6) is 0 Å². The molecule has 0 saturated carbocycles. The Morgan fingerprint density at radius 3 is 3.06 bits per heavy atom. The van der Waals surface area contributed by atoms with Crippen molar-refractivity contribution in [2.45, 2.75) is 30.3 Å². The zero-order valence-corrected chi connectivity index (χ0v) is 11.4. The Bertz CT molecular complexity index is 380. The average molecular weight is 303 g/mol. The number of piperidine rings is 1. The normalized spacial score (nSPS) is 22.9. The number of nitrogens with zero attached hydrogens (tertiary/aromatic N) is 1. The summed E-state index contributed by atoms with van der Waals surface area (Å²) in [6.07, 6.45) is 3.60. The predicted molar refractivity (Wildman–Crippen MR) is 68.9 cm³/mol. The quantitative estimate of drug-likeness (QED) is 0.870. The lowest BCUT2D eigenvalue weighted by Crippen LogP contribution is -2.38. The van der Waals surface area contributed by atoms with Gasteiger partial charge in [0.25, 0.3) is 0 Å². The van der Waals surface area contributed by atoms with E-state index in [1.54, 1.807) is 0 Å². The van der Waals surface area contributed by atoms with Crippen LogP contribution in [-0.2, 0) is 10.8 Å². The molecular formula is C11H15BrN2OS. The molecule has 0 radical (unpaired) electrons. The third-order valence-electron chi connectivity index (χ3n) is 2.69. The zero-order chi connectivity index (χ0) is 11.4. The van der Waals surface area contributed by atoms with Gasteiger partial charge in [-0.2, -0.15) is 0 Å². The van der Waals surface area contributed by atoms with Crippen LogP contribution >= 0.6 is 15.9 Å². The third-order valence-corrected chi connectivity index (χ3v) is 4.53. The maximum Gasteiger partial charge on any atom is 0.128 e. The van der Waals surface area contributed by atoms with E-state index >= 15 is 0 Å². The summed E-state index contributed by atoms with van der Waals surface area (Å²) in [5, 5.41) is 4.07. The van der Waals surface area contributed by atoms with E-state index in [1.165, 1.54) is 12.8 Å². The molecule has 1 N–H and O–H groups in total. The summed E-state index contributed by atoms with van der Waals surface area (Å²) >= 11 is 3.29. The van der Waals surface area contributed by atoms with Crippen molar-refractivity contribution in [1.82, 2.24) is 10.3 Å². The van der Waals surface area contributed by atoms with Crippen LogP contribution in [0.4, 0.5) is 0 Å². The molecule has 2 rings (SSSR count). The molecule has 3 nitrogen and oxygen atoms in total. The average Bonchev–Trinajstić information content (AvgIpc) is 2.30. The van der Waals surface area contributed by atoms with Crippen molar-refractivity contribution >= 4 is 26.7 Å². The van der Waals surface area contributed by atoms with E-state index in [0.29, 0.717) is 16.8 Å². The molecule has 1 aromatic heterocycles. The van der Waals surface area contributed by atoms with E-state index < -0.39 is 10.8 Å². The molecule has 1 aliphatic heterocycles. The summed E-state index contributed by atoms with van der Waals surface area (Å²) in [6, 6.07) is 5.93. The lowest BCUT2D eigenvalue weighted by atomic mass is 10.1. The molecule has 0 amide bonds. The van der Waals surface area contributed by atoms with Crippen LogP contribution in [0.3, 0.4) is 0 Å². The van der Waals surface area contributed by atoms with Gasteiger partial charge in [-0.1, -0.05) is 12.5 Å². The smallest absolute Gasteiger partial charge is 0.128 e. The summed E-state index contributed by atoms with van der Waals surface area (Å²) in [6.45, 7) is 1.05. The molecule has 88 valence electrons. The second-order valence-corrected chi connectivity index (χ2v) is 6.21. The van der Waals surface area contributed by atoms with Crippen LogP contribution < -0.4 is 5.32 Å². The van der Waals surface area contributed by atoms with Gasteiger partial charge in [0.1, 0.15) is 9.63 Å². The first kappa shape index (κ1) is 12.2. The molecule has 0 aliphatic carbocycles. The van der Waals surface area contributed by atoms with Gasteiger partial charge in [0.05, 0.1) is 10.8 Å². The van der Waals surface area contributed by atoms with Gasteiger partial charge >= 0.3 is 0 Å². The Labute approximate surface area is 107 Å². The molecule has 2 atom stereocenters. The molecule has 1 aliphatic rings. The van der Waals surface area contributed by atoms with E-state index in [0.717, 1.165) is 17.6 Å². The molecule has 0 unspecified atom stereocenters. The van der Waals surface area contributed by atoms with Crippen molar-refractivity contribution in [2.24, 2.45) is 0 Å². The fraction of sp³-hybridized carbons (Fsp3) is 0.545. The Balaban J connectivity index is 1.97. The molecule has 0 aromatic carbocycles. The van der Waals surface area contributed by atoms with Crippen LogP contribution in [-0.4, -0.2) is 27.5 Å². The highest BCUT2D eigenvalue weighted by atomic mass is 79.9. The number of nitrogens with one attached hydrogen (secondary N) is 1. The maximum atomic E-state index is 12.1. The van der Waals surface area contributed by atoms with Gasteiger partial charge in [-0.05, 0) is 47.4 Å². The fourth-order valence-corrected chi connectivity index (χ4v) is 3.56. The first-order chi connectivity index (χ1) is 7.75. The van der Waals surface area contributed by atoms with E-state index in [2.05, 4.69) is 26.2 Å². The lowest BCUT2D eigenvalue weighted by Gasteiger charge is -2.22. The molecule has 2 heterocycles. The largest absolute Gasteiger partial charge is 0.313 e. The highest BCUT2D eigenvalue weighted by molar-refractivity contribution is 9.10. The van der Waals surface area contributed by atoms with Crippen molar-refractivity contribution in [2.75, 3.05) is 12.3 Å². The Morgan fingerprint density at radius 2 is 2.38 bits per heavy atom. The van der Waals surface area contributed by atoms with E-state index in [4.69, 9.17) is 0 Å². The Kier molecular flexibility index (Phi) is 4.49. The van der Waals surface area contributed by atoms with Gasteiger partial charge in [-0.25, -0.2) is 4.98 Å². The standard InChI is InChI=1S/C11H15BrN2OS/c12-10-5-3-6-11(14-10)16(15)8-9-4-1-2-7-13-9/h3,5-6,9,13H,1-2,4,7-8H2/t9-,16-/m1/s1. The topological polar surface area (TPSA) is 42.0 Å². The highest BCUT2D eigenvalue weighted by Crippen LogP contribution is 2.13. The molecule has 16 heavy (non-hydrogen) atoms. The number of rotatable bonds is 3. The minimum atomic E-state index is -0.995. The summed E-state index contributed by atoms with van der Waals surface area (Å²) < 4.78 is 12.8. The molecule has 1 saturated heterocycles. The second-order valence-electron chi connectivity index (χ2n) is 3.96. The van der Waals surface area contributed by atoms with Gasteiger partial charge in [0.2, 0.25) is 0 Å². The number of hydrogen-bond acceptors (Lipinski definition) is 3. The molecule has 1 fully saturated rings. The molecular weight excluding hydrogens is 288 g/mol. The monoisotopic (exact) mass is 302 g/mol. The van der Waals surface area contributed by atoms with Gasteiger partial charge in [-0.3, -0.25) is 4.21 Å². The lowest BCUT2D eigenvalue weighted by molar-refractivity contribution is 0.427. The SMILES string of the molecule is O=[S@](C[C@H]1CCCCN1)c1cccc(Br)n1. The minimum absolute atomic E-state index is 0.385. The predicted octanol–water partition coefficient (Wildman–Crippen LogP) is 2.09. The van der Waals surface area contributed by atoms with Crippen LogP contribution in [0.15, 0.2) is 27.8 Å². The van der Waals surface area contributed by atoms with Crippen molar-refractivity contribution in [3.63, 3.8) is 0 Å². The van der Waals surface area contributed by atoms with Crippen molar-refractivity contribution in [1.29, 1.82) is 0 Å². The fourth-order valence-electron chi connectivity index (χ4n) is 1.85. The first-order valence-electron chi connectivity index (χ1n) is 5.50.